The minimum atomic E-state index is -1.82. The molecule has 34 heavy (non-hydrogen) atoms. The number of aromatic nitrogens is 2. The van der Waals surface area contributed by atoms with Crippen molar-refractivity contribution in [3.05, 3.63) is 89.5 Å². The zero-order valence-electron chi connectivity index (χ0n) is 18.1. The van der Waals surface area contributed by atoms with Crippen LogP contribution in [0.25, 0.3) is 0 Å². The van der Waals surface area contributed by atoms with Crippen LogP contribution >= 0.6 is 0 Å². The number of nitrogens with one attached hydrogen (secondary N) is 2. The second-order valence-electron chi connectivity index (χ2n) is 6.61. The van der Waals surface area contributed by atoms with Crippen LogP contribution in [0.5, 0.6) is 5.75 Å². The van der Waals surface area contributed by atoms with Gasteiger partial charge < -0.3 is 25.6 Å². The highest BCUT2D eigenvalue weighted by molar-refractivity contribution is 6.27. The van der Waals surface area contributed by atoms with E-state index in [1.165, 1.54) is 13.2 Å². The monoisotopic (exact) mass is 466 g/mol. The molecule has 2 heterocycles. The van der Waals surface area contributed by atoms with Gasteiger partial charge in [0, 0.05) is 43.4 Å². The summed E-state index contributed by atoms with van der Waals surface area (Å²) in [5.41, 5.74) is 2.43. The standard InChI is InChI=1S/C21H20N4O3.C2H2O4/c1-28-19-7-6-17(20(26)24-13-15-4-2-8-22-11-15)10-18(19)21(27)25-14-16-5-3-9-23-12-16;3-1(4)2(5)6/h2-12H,13-14H2,1H3,(H,24,26)(H,25,27);(H,3,4)(H,5,6). The Bertz CT molecular complexity index is 1130. The van der Waals surface area contributed by atoms with E-state index in [2.05, 4.69) is 20.6 Å². The Hall–Kier alpha value is -4.80. The third-order valence-electron chi connectivity index (χ3n) is 4.24. The molecule has 0 saturated carbocycles. The molecule has 2 aromatic heterocycles. The van der Waals surface area contributed by atoms with Gasteiger partial charge in [0.25, 0.3) is 11.8 Å². The molecule has 3 aromatic rings. The van der Waals surface area contributed by atoms with E-state index in [1.807, 2.05) is 12.1 Å². The van der Waals surface area contributed by atoms with Crippen molar-refractivity contribution in [3.8, 4) is 5.75 Å². The number of benzene rings is 1. The Morgan fingerprint density at radius 3 is 1.79 bits per heavy atom. The van der Waals surface area contributed by atoms with Crippen LogP contribution in [0.3, 0.4) is 0 Å². The molecule has 0 unspecified atom stereocenters. The molecule has 11 nitrogen and oxygen atoms in total. The number of carboxylic acids is 2. The van der Waals surface area contributed by atoms with Gasteiger partial charge in [-0.1, -0.05) is 12.1 Å². The molecule has 1 aromatic carbocycles. The Morgan fingerprint density at radius 2 is 1.35 bits per heavy atom. The number of aliphatic carboxylic acids is 2. The van der Waals surface area contributed by atoms with E-state index in [0.717, 1.165) is 11.1 Å². The number of amides is 2. The molecule has 0 fully saturated rings. The van der Waals surface area contributed by atoms with Crippen LogP contribution in [-0.4, -0.2) is 51.0 Å². The number of methoxy groups -OCH3 is 1. The van der Waals surface area contributed by atoms with E-state index < -0.39 is 11.9 Å². The van der Waals surface area contributed by atoms with Gasteiger partial charge in [-0.25, -0.2) is 9.59 Å². The Morgan fingerprint density at radius 1 is 0.824 bits per heavy atom. The van der Waals surface area contributed by atoms with E-state index in [-0.39, 0.29) is 11.8 Å². The largest absolute Gasteiger partial charge is 0.496 e. The molecule has 0 aliphatic heterocycles. The highest BCUT2D eigenvalue weighted by atomic mass is 16.5. The topological polar surface area (TPSA) is 168 Å². The second kappa shape index (κ2) is 12.9. The molecule has 176 valence electrons. The fraction of sp³-hybridized carbons (Fsp3) is 0.130. The summed E-state index contributed by atoms with van der Waals surface area (Å²) in [5.74, 6) is -3.87. The zero-order valence-corrected chi connectivity index (χ0v) is 18.1. The van der Waals surface area contributed by atoms with Crippen LogP contribution in [0, 0.1) is 0 Å². The molecule has 4 N–H and O–H groups in total. The van der Waals surface area contributed by atoms with Crippen molar-refractivity contribution in [2.24, 2.45) is 0 Å². The van der Waals surface area contributed by atoms with Crippen LogP contribution in [0.15, 0.2) is 67.3 Å². The minimum Gasteiger partial charge on any atom is -0.496 e. The first kappa shape index (κ1) is 25.5. The Labute approximate surface area is 194 Å². The van der Waals surface area contributed by atoms with Crippen molar-refractivity contribution >= 4 is 23.8 Å². The summed E-state index contributed by atoms with van der Waals surface area (Å²) in [6.45, 7) is 0.675. The number of pyridine rings is 2. The van der Waals surface area contributed by atoms with E-state index in [9.17, 15) is 9.59 Å². The van der Waals surface area contributed by atoms with Crippen molar-refractivity contribution in [3.63, 3.8) is 0 Å². The summed E-state index contributed by atoms with van der Waals surface area (Å²) in [5, 5.41) is 20.4. The number of ether oxygens (including phenoxy) is 1. The summed E-state index contributed by atoms with van der Waals surface area (Å²) in [6.07, 6.45) is 6.71. The quantitative estimate of drug-likeness (QED) is 0.377. The van der Waals surface area contributed by atoms with E-state index >= 15 is 0 Å². The lowest BCUT2D eigenvalue weighted by atomic mass is 10.1. The average molecular weight is 466 g/mol. The molecule has 0 radical (unpaired) electrons. The van der Waals surface area contributed by atoms with Crippen molar-refractivity contribution in [1.82, 2.24) is 20.6 Å². The predicted molar refractivity (Wildman–Crippen MR) is 119 cm³/mol. The third-order valence-corrected chi connectivity index (χ3v) is 4.24. The summed E-state index contributed by atoms with van der Waals surface area (Å²) >= 11 is 0. The highest BCUT2D eigenvalue weighted by Gasteiger charge is 2.16. The van der Waals surface area contributed by atoms with E-state index in [1.54, 1.807) is 49.1 Å². The molecule has 2 amide bonds. The first-order valence-corrected chi connectivity index (χ1v) is 9.80. The molecule has 0 aliphatic carbocycles. The van der Waals surface area contributed by atoms with Gasteiger partial charge in [0.2, 0.25) is 0 Å². The van der Waals surface area contributed by atoms with Crippen LogP contribution in [-0.2, 0) is 22.7 Å². The summed E-state index contributed by atoms with van der Waals surface area (Å²) in [6, 6.07) is 12.1. The molecule has 0 spiro atoms. The fourth-order valence-corrected chi connectivity index (χ4v) is 2.59. The third kappa shape index (κ3) is 8.04. The molecule has 0 saturated heterocycles. The van der Waals surface area contributed by atoms with Gasteiger partial charge in [0.1, 0.15) is 5.75 Å². The van der Waals surface area contributed by atoms with Crippen LogP contribution in [0.4, 0.5) is 0 Å². The molecular weight excluding hydrogens is 444 g/mol. The molecule has 0 bridgehead atoms. The van der Waals surface area contributed by atoms with Crippen LogP contribution in [0.2, 0.25) is 0 Å². The normalized spacial score (nSPS) is 9.68. The molecule has 3 rings (SSSR count). The van der Waals surface area contributed by atoms with E-state index in [0.29, 0.717) is 30.0 Å². The first-order valence-electron chi connectivity index (χ1n) is 9.80. The van der Waals surface area contributed by atoms with Crippen molar-refractivity contribution in [1.29, 1.82) is 0 Å². The molecule has 11 heteroatoms. The van der Waals surface area contributed by atoms with Crippen LogP contribution < -0.4 is 15.4 Å². The second-order valence-corrected chi connectivity index (χ2v) is 6.61. The van der Waals surface area contributed by atoms with Gasteiger partial charge in [0.15, 0.2) is 0 Å². The Kier molecular flexibility index (Phi) is 9.67. The number of carbonyl (C=O) groups excluding carboxylic acids is 2. The smallest absolute Gasteiger partial charge is 0.414 e. The predicted octanol–water partition coefficient (Wildman–Crippen LogP) is 1.50. The number of rotatable bonds is 7. The maximum atomic E-state index is 12.6. The maximum absolute atomic E-state index is 12.6. The van der Waals surface area contributed by atoms with Crippen LogP contribution in [0.1, 0.15) is 31.8 Å². The summed E-state index contributed by atoms with van der Waals surface area (Å²) in [7, 11) is 1.48. The van der Waals surface area contributed by atoms with Gasteiger partial charge >= 0.3 is 11.9 Å². The first-order chi connectivity index (χ1) is 16.3. The number of hydrogen-bond donors (Lipinski definition) is 4. The molecular formula is C23H22N4O7. The highest BCUT2D eigenvalue weighted by Crippen LogP contribution is 2.20. The average Bonchev–Trinajstić information content (AvgIpc) is 2.87. The number of carboxylic acid groups (broad SMARTS) is 2. The lowest BCUT2D eigenvalue weighted by molar-refractivity contribution is -0.159. The zero-order chi connectivity index (χ0) is 24.9. The van der Waals surface area contributed by atoms with Gasteiger partial charge in [-0.3, -0.25) is 19.6 Å². The Balaban J connectivity index is 0.000000604. The van der Waals surface area contributed by atoms with Crippen molar-refractivity contribution in [2.75, 3.05) is 7.11 Å². The van der Waals surface area contributed by atoms with Gasteiger partial charge in [-0.15, -0.1) is 0 Å². The minimum absolute atomic E-state index is 0.284. The fourth-order valence-electron chi connectivity index (χ4n) is 2.59. The van der Waals surface area contributed by atoms with Gasteiger partial charge in [-0.2, -0.15) is 0 Å². The number of carbonyl (C=O) groups is 4. The van der Waals surface area contributed by atoms with E-state index in [4.69, 9.17) is 24.5 Å². The van der Waals surface area contributed by atoms with Crippen molar-refractivity contribution in [2.45, 2.75) is 13.1 Å². The summed E-state index contributed by atoms with van der Waals surface area (Å²) < 4.78 is 5.27. The lowest BCUT2D eigenvalue weighted by Crippen LogP contribution is -2.26. The maximum Gasteiger partial charge on any atom is 0.414 e. The van der Waals surface area contributed by atoms with Gasteiger partial charge in [-0.05, 0) is 41.5 Å². The summed E-state index contributed by atoms with van der Waals surface area (Å²) in [4.78, 5) is 51.3. The number of hydrogen-bond acceptors (Lipinski definition) is 7. The molecule has 0 aliphatic rings. The SMILES string of the molecule is COc1ccc(C(=O)NCc2cccnc2)cc1C(=O)NCc1cccnc1.O=C(O)C(=O)O. The van der Waals surface area contributed by atoms with Crippen molar-refractivity contribution < 1.29 is 34.1 Å². The molecule has 0 atom stereocenters. The van der Waals surface area contributed by atoms with Gasteiger partial charge in [0.05, 0.1) is 12.7 Å². The lowest BCUT2D eigenvalue weighted by Gasteiger charge is -2.12. The number of nitrogens with zero attached hydrogens (tertiary/aromatic N) is 2.